The van der Waals surface area contributed by atoms with Crippen molar-refractivity contribution in [3.8, 4) is 0 Å². The van der Waals surface area contributed by atoms with Crippen LogP contribution in [0.5, 0.6) is 0 Å². The van der Waals surface area contributed by atoms with Crippen molar-refractivity contribution in [1.82, 2.24) is 9.78 Å². The van der Waals surface area contributed by atoms with Gasteiger partial charge in [-0.05, 0) is 30.9 Å². The summed E-state index contributed by atoms with van der Waals surface area (Å²) in [7, 11) is 0. The molecule has 1 heterocycles. The molecule has 19 heavy (non-hydrogen) atoms. The molecule has 0 unspecified atom stereocenters. The summed E-state index contributed by atoms with van der Waals surface area (Å²) < 4.78 is 2.04. The van der Waals surface area contributed by atoms with Crippen LogP contribution < -0.4 is 5.73 Å². The van der Waals surface area contributed by atoms with Crippen molar-refractivity contribution < 1.29 is 0 Å². The van der Waals surface area contributed by atoms with E-state index in [-0.39, 0.29) is 0 Å². The van der Waals surface area contributed by atoms with Crippen LogP contribution in [0.2, 0.25) is 0 Å². The van der Waals surface area contributed by atoms with Crippen LogP contribution in [0.25, 0.3) is 0 Å². The van der Waals surface area contributed by atoms with Crippen LogP contribution in [0.3, 0.4) is 0 Å². The maximum atomic E-state index is 5.76. The molecule has 2 N–H and O–H groups in total. The van der Waals surface area contributed by atoms with E-state index in [0.29, 0.717) is 12.5 Å². The molecule has 0 aliphatic rings. The Kier molecular flexibility index (Phi) is 4.05. The minimum Gasteiger partial charge on any atom is -0.326 e. The molecule has 0 atom stereocenters. The summed E-state index contributed by atoms with van der Waals surface area (Å²) >= 11 is 0. The molecule has 0 spiro atoms. The lowest BCUT2D eigenvalue weighted by Gasteiger charge is -2.08. The van der Waals surface area contributed by atoms with Crippen molar-refractivity contribution in [3.05, 3.63) is 52.3 Å². The highest BCUT2D eigenvalue weighted by Gasteiger charge is 2.10. The highest BCUT2D eigenvalue weighted by molar-refractivity contribution is 5.27. The third-order valence-electron chi connectivity index (χ3n) is 3.71. The molecule has 0 fully saturated rings. The van der Waals surface area contributed by atoms with E-state index in [2.05, 4.69) is 50.1 Å². The fourth-order valence-corrected chi connectivity index (χ4v) is 2.36. The lowest BCUT2D eigenvalue weighted by atomic mass is 10.0. The van der Waals surface area contributed by atoms with Crippen LogP contribution in [0.1, 0.15) is 47.8 Å². The van der Waals surface area contributed by atoms with Crippen molar-refractivity contribution >= 4 is 0 Å². The molecule has 1 aromatic carbocycles. The Balaban J connectivity index is 2.21. The van der Waals surface area contributed by atoms with E-state index in [4.69, 9.17) is 5.73 Å². The minimum atomic E-state index is 0.559. The number of nitrogens with two attached hydrogens (primary N) is 1. The number of rotatable bonds is 4. The monoisotopic (exact) mass is 257 g/mol. The molecule has 0 saturated carbocycles. The number of aromatic nitrogens is 2. The van der Waals surface area contributed by atoms with Crippen LogP contribution >= 0.6 is 0 Å². The van der Waals surface area contributed by atoms with Crippen LogP contribution in [-0.2, 0) is 13.1 Å². The second-order valence-electron chi connectivity index (χ2n) is 5.41. The average molecular weight is 257 g/mol. The predicted octanol–water partition coefficient (Wildman–Crippen LogP) is 3.13. The number of aryl methyl sites for hydroxylation is 1. The largest absolute Gasteiger partial charge is 0.326 e. The average Bonchev–Trinajstić information content (AvgIpc) is 2.64. The molecule has 0 aliphatic carbocycles. The second kappa shape index (κ2) is 5.57. The maximum absolute atomic E-state index is 5.76. The smallest absolute Gasteiger partial charge is 0.0662 e. The molecule has 2 rings (SSSR count). The van der Waals surface area contributed by atoms with Crippen molar-refractivity contribution in [2.45, 2.75) is 46.7 Å². The minimum absolute atomic E-state index is 0.559. The topological polar surface area (TPSA) is 43.8 Å². The van der Waals surface area contributed by atoms with Gasteiger partial charge in [-0.25, -0.2) is 0 Å². The van der Waals surface area contributed by atoms with Crippen molar-refractivity contribution in [2.24, 2.45) is 5.73 Å². The fourth-order valence-electron chi connectivity index (χ4n) is 2.36. The van der Waals surface area contributed by atoms with Gasteiger partial charge in [0.05, 0.1) is 12.2 Å². The first-order valence-corrected chi connectivity index (χ1v) is 6.84. The van der Waals surface area contributed by atoms with Gasteiger partial charge in [-0.1, -0.05) is 38.1 Å². The first kappa shape index (κ1) is 13.8. The lowest BCUT2D eigenvalue weighted by Crippen LogP contribution is -2.05. The molecule has 102 valence electrons. The van der Waals surface area contributed by atoms with Gasteiger partial charge in [-0.15, -0.1) is 0 Å². The van der Waals surface area contributed by atoms with Crippen LogP contribution in [0.15, 0.2) is 24.3 Å². The summed E-state index contributed by atoms with van der Waals surface area (Å²) in [5.41, 5.74) is 11.8. The molecule has 3 nitrogen and oxygen atoms in total. The molecule has 0 aliphatic heterocycles. The van der Waals surface area contributed by atoms with Gasteiger partial charge in [0, 0.05) is 17.8 Å². The maximum Gasteiger partial charge on any atom is 0.0662 e. The van der Waals surface area contributed by atoms with Gasteiger partial charge in [0.25, 0.3) is 0 Å². The first-order chi connectivity index (χ1) is 9.02. The summed E-state index contributed by atoms with van der Waals surface area (Å²) in [5.74, 6) is 0.576. The molecular formula is C16H23N3. The Morgan fingerprint density at radius 2 is 1.79 bits per heavy atom. The zero-order valence-corrected chi connectivity index (χ0v) is 12.3. The van der Waals surface area contributed by atoms with Crippen LogP contribution in [0.4, 0.5) is 0 Å². The molecule has 2 aromatic rings. The molecule has 0 radical (unpaired) electrons. The highest BCUT2D eigenvalue weighted by atomic mass is 15.3. The van der Waals surface area contributed by atoms with Gasteiger partial charge >= 0.3 is 0 Å². The van der Waals surface area contributed by atoms with E-state index in [9.17, 15) is 0 Å². The predicted molar refractivity (Wildman–Crippen MR) is 79.2 cm³/mol. The van der Waals surface area contributed by atoms with Gasteiger partial charge in [0.1, 0.15) is 0 Å². The molecule has 1 aromatic heterocycles. The Morgan fingerprint density at radius 3 is 2.26 bits per heavy atom. The lowest BCUT2D eigenvalue weighted by molar-refractivity contribution is 0.657. The molecule has 0 bridgehead atoms. The number of nitrogens with zero attached hydrogens (tertiary/aromatic N) is 2. The van der Waals surface area contributed by atoms with Gasteiger partial charge in [-0.2, -0.15) is 5.10 Å². The molecule has 0 amide bonds. The van der Waals surface area contributed by atoms with Crippen molar-refractivity contribution in [2.75, 3.05) is 0 Å². The number of hydrogen-bond donors (Lipinski definition) is 1. The molecule has 0 saturated heterocycles. The quantitative estimate of drug-likeness (QED) is 0.914. The van der Waals surface area contributed by atoms with Crippen LogP contribution in [0, 0.1) is 13.8 Å². The molecule has 3 heteroatoms. The third-order valence-corrected chi connectivity index (χ3v) is 3.71. The van der Waals surface area contributed by atoms with Gasteiger partial charge in [-0.3, -0.25) is 4.68 Å². The third kappa shape index (κ3) is 2.87. The van der Waals surface area contributed by atoms with E-state index < -0.39 is 0 Å². The zero-order valence-electron chi connectivity index (χ0n) is 12.3. The summed E-state index contributed by atoms with van der Waals surface area (Å²) in [6.07, 6.45) is 0. The van der Waals surface area contributed by atoms with E-state index in [0.717, 1.165) is 12.2 Å². The van der Waals surface area contributed by atoms with Gasteiger partial charge in [0.2, 0.25) is 0 Å². The summed E-state index contributed by atoms with van der Waals surface area (Å²) in [4.78, 5) is 0. The Hall–Kier alpha value is -1.61. The molecular weight excluding hydrogens is 234 g/mol. The Bertz CT molecular complexity index is 550. The van der Waals surface area contributed by atoms with E-state index in [1.54, 1.807) is 0 Å². The van der Waals surface area contributed by atoms with Crippen LogP contribution in [-0.4, -0.2) is 9.78 Å². The Labute approximate surface area is 115 Å². The number of benzene rings is 1. The summed E-state index contributed by atoms with van der Waals surface area (Å²) in [6.45, 7) is 9.90. The van der Waals surface area contributed by atoms with E-state index >= 15 is 0 Å². The summed E-state index contributed by atoms with van der Waals surface area (Å²) in [5, 5.41) is 4.57. The van der Waals surface area contributed by atoms with Crippen molar-refractivity contribution in [1.29, 1.82) is 0 Å². The number of hydrogen-bond acceptors (Lipinski definition) is 2. The Morgan fingerprint density at radius 1 is 1.16 bits per heavy atom. The second-order valence-corrected chi connectivity index (χ2v) is 5.41. The SMILES string of the molecule is Cc1nn(Cc2ccc(C(C)C)cc2)c(C)c1CN. The van der Waals surface area contributed by atoms with Crippen molar-refractivity contribution in [3.63, 3.8) is 0 Å². The zero-order chi connectivity index (χ0) is 14.0. The standard InChI is InChI=1S/C16H23N3/c1-11(2)15-7-5-14(6-8-15)10-19-13(4)16(9-17)12(3)18-19/h5-8,11H,9-10,17H2,1-4H3. The summed E-state index contributed by atoms with van der Waals surface area (Å²) in [6, 6.07) is 8.78. The normalized spacial score (nSPS) is 11.3. The van der Waals surface area contributed by atoms with E-state index in [1.807, 2.05) is 11.6 Å². The van der Waals surface area contributed by atoms with Gasteiger partial charge < -0.3 is 5.73 Å². The first-order valence-electron chi connectivity index (χ1n) is 6.84. The van der Waals surface area contributed by atoms with Gasteiger partial charge in [0.15, 0.2) is 0 Å². The van der Waals surface area contributed by atoms with E-state index in [1.165, 1.54) is 22.4 Å². The fraction of sp³-hybridized carbons (Fsp3) is 0.438. The highest BCUT2D eigenvalue weighted by Crippen LogP contribution is 2.17.